The standard InChI is InChI=1S/C9H18N6O2S/c1-7(9-11-14-15-12-9)13-18(16,17)6-8-4-2-3-5-10-8/h7-8,10,13H,2-6H2,1H3,(H,11,12,14,15). The summed E-state index contributed by atoms with van der Waals surface area (Å²) < 4.78 is 26.5. The topological polar surface area (TPSA) is 113 Å². The Morgan fingerprint density at radius 2 is 2.33 bits per heavy atom. The molecule has 18 heavy (non-hydrogen) atoms. The van der Waals surface area contributed by atoms with E-state index in [0.29, 0.717) is 5.82 Å². The molecule has 1 aliphatic rings. The number of aromatic amines is 1. The molecule has 8 nitrogen and oxygen atoms in total. The molecule has 1 aliphatic heterocycles. The number of rotatable bonds is 5. The van der Waals surface area contributed by atoms with Gasteiger partial charge in [0.1, 0.15) is 0 Å². The number of nitrogens with one attached hydrogen (secondary N) is 3. The summed E-state index contributed by atoms with van der Waals surface area (Å²) in [4.78, 5) is 0. The monoisotopic (exact) mass is 274 g/mol. The maximum atomic E-state index is 12.0. The first kappa shape index (κ1) is 13.4. The molecule has 102 valence electrons. The molecule has 1 saturated heterocycles. The molecule has 0 radical (unpaired) electrons. The zero-order valence-electron chi connectivity index (χ0n) is 10.3. The fourth-order valence-corrected chi connectivity index (χ4v) is 3.61. The highest BCUT2D eigenvalue weighted by atomic mass is 32.2. The molecule has 0 aromatic carbocycles. The molecular weight excluding hydrogens is 256 g/mol. The summed E-state index contributed by atoms with van der Waals surface area (Å²) in [5.41, 5.74) is 0. The Hall–Kier alpha value is -1.06. The SMILES string of the molecule is CC(NS(=O)(=O)CC1CCCCN1)c1nn[nH]n1. The van der Waals surface area contributed by atoms with E-state index in [1.54, 1.807) is 6.92 Å². The van der Waals surface area contributed by atoms with Crippen molar-refractivity contribution in [1.82, 2.24) is 30.7 Å². The molecule has 0 saturated carbocycles. The molecule has 1 fully saturated rings. The quantitative estimate of drug-likeness (QED) is 0.656. The van der Waals surface area contributed by atoms with Crippen LogP contribution in [0.3, 0.4) is 0 Å². The van der Waals surface area contributed by atoms with E-state index < -0.39 is 16.1 Å². The van der Waals surface area contributed by atoms with Crippen LogP contribution in [-0.4, -0.2) is 47.4 Å². The molecule has 2 atom stereocenters. The molecule has 3 N–H and O–H groups in total. The third-order valence-corrected chi connectivity index (χ3v) is 4.49. The van der Waals surface area contributed by atoms with Gasteiger partial charge < -0.3 is 5.32 Å². The van der Waals surface area contributed by atoms with E-state index in [0.717, 1.165) is 25.8 Å². The molecule has 2 rings (SSSR count). The van der Waals surface area contributed by atoms with Gasteiger partial charge in [0, 0.05) is 6.04 Å². The largest absolute Gasteiger partial charge is 0.313 e. The smallest absolute Gasteiger partial charge is 0.213 e. The Morgan fingerprint density at radius 1 is 1.50 bits per heavy atom. The summed E-state index contributed by atoms with van der Waals surface area (Å²) in [6.45, 7) is 2.58. The lowest BCUT2D eigenvalue weighted by Gasteiger charge is -2.23. The Kier molecular flexibility index (Phi) is 4.25. The van der Waals surface area contributed by atoms with Crippen LogP contribution in [0, 0.1) is 0 Å². The highest BCUT2D eigenvalue weighted by molar-refractivity contribution is 7.89. The summed E-state index contributed by atoms with van der Waals surface area (Å²) >= 11 is 0. The minimum Gasteiger partial charge on any atom is -0.313 e. The van der Waals surface area contributed by atoms with E-state index in [-0.39, 0.29) is 11.8 Å². The second-order valence-corrected chi connectivity index (χ2v) is 6.34. The van der Waals surface area contributed by atoms with E-state index >= 15 is 0 Å². The highest BCUT2D eigenvalue weighted by Crippen LogP contribution is 2.11. The van der Waals surface area contributed by atoms with Crippen LogP contribution in [0.5, 0.6) is 0 Å². The van der Waals surface area contributed by atoms with Gasteiger partial charge in [-0.15, -0.1) is 10.2 Å². The summed E-state index contributed by atoms with van der Waals surface area (Å²) in [7, 11) is -3.34. The number of H-pyrrole nitrogens is 1. The van der Waals surface area contributed by atoms with Crippen molar-refractivity contribution in [3.63, 3.8) is 0 Å². The number of aromatic nitrogens is 4. The number of sulfonamides is 1. The number of hydrogen-bond donors (Lipinski definition) is 3. The Balaban J connectivity index is 1.90. The van der Waals surface area contributed by atoms with Gasteiger partial charge >= 0.3 is 0 Å². The van der Waals surface area contributed by atoms with Crippen molar-refractivity contribution in [2.75, 3.05) is 12.3 Å². The van der Waals surface area contributed by atoms with Gasteiger partial charge in [0.05, 0.1) is 11.8 Å². The van der Waals surface area contributed by atoms with Gasteiger partial charge in [-0.3, -0.25) is 0 Å². The van der Waals surface area contributed by atoms with Gasteiger partial charge in [0.25, 0.3) is 0 Å². The molecule has 0 spiro atoms. The van der Waals surface area contributed by atoms with Gasteiger partial charge in [0.2, 0.25) is 10.0 Å². The first-order valence-electron chi connectivity index (χ1n) is 6.03. The van der Waals surface area contributed by atoms with Crippen LogP contribution in [0.4, 0.5) is 0 Å². The number of hydrogen-bond acceptors (Lipinski definition) is 6. The van der Waals surface area contributed by atoms with Crippen molar-refractivity contribution in [1.29, 1.82) is 0 Å². The molecule has 0 amide bonds. The third kappa shape index (κ3) is 3.72. The van der Waals surface area contributed by atoms with Gasteiger partial charge in [0.15, 0.2) is 5.82 Å². The van der Waals surface area contributed by atoms with Crippen LogP contribution in [0.1, 0.15) is 38.1 Å². The van der Waals surface area contributed by atoms with Gasteiger partial charge in [-0.1, -0.05) is 11.6 Å². The molecule has 1 aromatic heterocycles. The Labute approximate surface area is 106 Å². The molecule has 9 heteroatoms. The zero-order valence-corrected chi connectivity index (χ0v) is 11.1. The average Bonchev–Trinajstić information content (AvgIpc) is 2.82. The van der Waals surface area contributed by atoms with Crippen LogP contribution in [0.15, 0.2) is 0 Å². The fourth-order valence-electron chi connectivity index (χ4n) is 2.05. The second-order valence-electron chi connectivity index (χ2n) is 4.54. The molecule has 0 bridgehead atoms. The van der Waals surface area contributed by atoms with E-state index in [2.05, 4.69) is 30.7 Å². The highest BCUT2D eigenvalue weighted by Gasteiger charge is 2.24. The lowest BCUT2D eigenvalue weighted by Crippen LogP contribution is -2.43. The van der Waals surface area contributed by atoms with E-state index in [9.17, 15) is 8.42 Å². The van der Waals surface area contributed by atoms with Gasteiger partial charge in [-0.25, -0.2) is 13.1 Å². The van der Waals surface area contributed by atoms with Crippen molar-refractivity contribution in [3.05, 3.63) is 5.82 Å². The maximum absolute atomic E-state index is 12.0. The van der Waals surface area contributed by atoms with Crippen LogP contribution < -0.4 is 10.0 Å². The summed E-state index contributed by atoms with van der Waals surface area (Å²) in [6.07, 6.45) is 3.09. The van der Waals surface area contributed by atoms with E-state index in [1.165, 1.54) is 0 Å². The predicted molar refractivity (Wildman–Crippen MR) is 65.2 cm³/mol. The fraction of sp³-hybridized carbons (Fsp3) is 0.889. The molecule has 0 aliphatic carbocycles. The minimum absolute atomic E-state index is 0.0359. The van der Waals surface area contributed by atoms with E-state index in [4.69, 9.17) is 0 Å². The first-order valence-corrected chi connectivity index (χ1v) is 7.69. The predicted octanol–water partition coefficient (Wildman–Crippen LogP) is -0.678. The van der Waals surface area contributed by atoms with Gasteiger partial charge in [-0.2, -0.15) is 5.21 Å². The van der Waals surface area contributed by atoms with Crippen LogP contribution in [-0.2, 0) is 10.0 Å². The van der Waals surface area contributed by atoms with Crippen molar-refractivity contribution < 1.29 is 8.42 Å². The van der Waals surface area contributed by atoms with Crippen molar-refractivity contribution >= 4 is 10.0 Å². The lowest BCUT2D eigenvalue weighted by molar-refractivity contribution is 0.421. The minimum atomic E-state index is -3.34. The molecule has 1 aromatic rings. The van der Waals surface area contributed by atoms with Crippen molar-refractivity contribution in [2.24, 2.45) is 0 Å². The lowest BCUT2D eigenvalue weighted by atomic mass is 10.1. The molecule has 2 unspecified atom stereocenters. The summed E-state index contributed by atoms with van der Waals surface area (Å²) in [6, 6.07) is -0.439. The second kappa shape index (κ2) is 5.72. The number of nitrogens with zero attached hydrogens (tertiary/aromatic N) is 3. The van der Waals surface area contributed by atoms with Crippen LogP contribution in [0.2, 0.25) is 0 Å². The number of tetrazole rings is 1. The van der Waals surface area contributed by atoms with Crippen molar-refractivity contribution in [3.8, 4) is 0 Å². The Bertz CT molecular complexity index is 453. The zero-order chi connectivity index (χ0) is 13.0. The molecular formula is C9H18N6O2S. The normalized spacial score (nSPS) is 22.8. The van der Waals surface area contributed by atoms with E-state index in [1.807, 2.05) is 0 Å². The third-order valence-electron chi connectivity index (χ3n) is 2.94. The first-order chi connectivity index (χ1) is 8.57. The van der Waals surface area contributed by atoms with Crippen LogP contribution >= 0.6 is 0 Å². The van der Waals surface area contributed by atoms with Crippen LogP contribution in [0.25, 0.3) is 0 Å². The summed E-state index contributed by atoms with van der Waals surface area (Å²) in [5, 5.41) is 16.4. The number of piperidine rings is 1. The Morgan fingerprint density at radius 3 is 2.94 bits per heavy atom. The maximum Gasteiger partial charge on any atom is 0.213 e. The average molecular weight is 274 g/mol. The van der Waals surface area contributed by atoms with Gasteiger partial charge in [-0.05, 0) is 26.3 Å². The van der Waals surface area contributed by atoms with Crippen molar-refractivity contribution in [2.45, 2.75) is 38.3 Å². The molecule has 2 heterocycles. The summed E-state index contributed by atoms with van der Waals surface area (Å²) in [5.74, 6) is 0.435.